The second-order valence-electron chi connectivity index (χ2n) is 5.90. The minimum atomic E-state index is 0.234. The van der Waals surface area contributed by atoms with Crippen LogP contribution in [0.5, 0.6) is 5.75 Å². The Morgan fingerprint density at radius 3 is 2.74 bits per heavy atom. The second-order valence-corrected chi connectivity index (χ2v) is 5.90. The molecule has 0 radical (unpaired) electrons. The molecule has 0 amide bonds. The number of phenols is 1. The molecule has 0 spiro atoms. The van der Waals surface area contributed by atoms with Crippen LogP contribution in [0, 0.1) is 0 Å². The van der Waals surface area contributed by atoms with E-state index < -0.39 is 0 Å². The number of nitrogens with two attached hydrogens (primary N) is 1. The van der Waals surface area contributed by atoms with Crippen molar-refractivity contribution in [2.45, 2.75) is 18.9 Å². The summed E-state index contributed by atoms with van der Waals surface area (Å²) in [5.74, 6) is 0.719. The van der Waals surface area contributed by atoms with Crippen molar-refractivity contribution in [2.24, 2.45) is 0 Å². The summed E-state index contributed by atoms with van der Waals surface area (Å²) in [6, 6.07) is 7.58. The fourth-order valence-electron chi connectivity index (χ4n) is 3.21. The quantitative estimate of drug-likeness (QED) is 0.576. The number of para-hydroxylation sites is 1. The highest BCUT2D eigenvalue weighted by atomic mass is 16.3. The number of nitrogens with zero attached hydrogens (tertiary/aromatic N) is 2. The summed E-state index contributed by atoms with van der Waals surface area (Å²) in [7, 11) is 0. The fourth-order valence-corrected chi connectivity index (χ4v) is 3.21. The standard InChI is InChI=1S/C16H20N6O/c17-16-15-13(22(21-16)10-5-7-18-8-6-10)9-12(19-20-15)11-3-1-2-4-14(11)23/h1-4,9-10,18-20,23H,5-8H2,(H2,17,21). The molecule has 0 unspecified atom stereocenters. The van der Waals surface area contributed by atoms with Crippen LogP contribution in [0.25, 0.3) is 11.8 Å². The number of nitrogen functional groups attached to an aromatic ring is 1. The van der Waals surface area contributed by atoms with Gasteiger partial charge in [-0.05, 0) is 44.1 Å². The number of anilines is 2. The molecule has 2 aromatic rings. The van der Waals surface area contributed by atoms with Gasteiger partial charge in [-0.15, -0.1) is 0 Å². The van der Waals surface area contributed by atoms with Crippen LogP contribution >= 0.6 is 0 Å². The van der Waals surface area contributed by atoms with Crippen molar-refractivity contribution < 1.29 is 5.11 Å². The van der Waals surface area contributed by atoms with Crippen molar-refractivity contribution in [2.75, 3.05) is 24.2 Å². The number of hydrogen-bond donors (Lipinski definition) is 5. The predicted molar refractivity (Wildman–Crippen MR) is 90.5 cm³/mol. The Hall–Kier alpha value is -2.67. The van der Waals surface area contributed by atoms with Crippen LogP contribution in [0.1, 0.15) is 30.1 Å². The van der Waals surface area contributed by atoms with Crippen molar-refractivity contribution in [3.8, 4) is 5.75 Å². The van der Waals surface area contributed by atoms with Gasteiger partial charge in [-0.25, -0.2) is 0 Å². The highest BCUT2D eigenvalue weighted by Crippen LogP contribution is 2.35. The zero-order valence-corrected chi connectivity index (χ0v) is 12.7. The van der Waals surface area contributed by atoms with Gasteiger partial charge in [0.05, 0.1) is 17.4 Å². The maximum atomic E-state index is 10.1. The number of rotatable bonds is 2. The Kier molecular flexibility index (Phi) is 3.34. The van der Waals surface area contributed by atoms with Crippen LogP contribution in [-0.2, 0) is 0 Å². The first-order chi connectivity index (χ1) is 11.2. The molecule has 6 N–H and O–H groups in total. The minimum Gasteiger partial charge on any atom is -0.507 e. The summed E-state index contributed by atoms with van der Waals surface area (Å²) < 4.78 is 2.01. The van der Waals surface area contributed by atoms with Crippen LogP contribution in [0.4, 0.5) is 11.5 Å². The van der Waals surface area contributed by atoms with Gasteiger partial charge in [0.25, 0.3) is 0 Å². The summed E-state index contributed by atoms with van der Waals surface area (Å²) in [5.41, 5.74) is 15.5. The van der Waals surface area contributed by atoms with Gasteiger partial charge in [-0.3, -0.25) is 15.5 Å². The number of aromatic hydroxyl groups is 1. The Labute approximate surface area is 134 Å². The smallest absolute Gasteiger partial charge is 0.171 e. The molecule has 0 bridgehead atoms. The summed E-state index contributed by atoms with van der Waals surface area (Å²) in [6.07, 6.45) is 4.05. The average molecular weight is 312 g/mol. The van der Waals surface area contributed by atoms with E-state index in [1.54, 1.807) is 12.1 Å². The van der Waals surface area contributed by atoms with E-state index in [0.717, 1.165) is 48.6 Å². The Balaban J connectivity index is 1.77. The molecule has 0 atom stereocenters. The molecule has 0 aliphatic carbocycles. The molecule has 23 heavy (non-hydrogen) atoms. The van der Waals surface area contributed by atoms with E-state index in [4.69, 9.17) is 5.73 Å². The first-order valence-electron chi connectivity index (χ1n) is 7.85. The third-order valence-electron chi connectivity index (χ3n) is 4.43. The summed E-state index contributed by atoms with van der Waals surface area (Å²) >= 11 is 0. The molecule has 1 fully saturated rings. The third-order valence-corrected chi connectivity index (χ3v) is 4.43. The molecule has 3 heterocycles. The number of benzene rings is 1. The van der Waals surface area contributed by atoms with Gasteiger partial charge in [-0.1, -0.05) is 12.1 Å². The van der Waals surface area contributed by atoms with Gasteiger partial charge < -0.3 is 16.2 Å². The molecule has 2 aliphatic rings. The van der Waals surface area contributed by atoms with E-state index in [-0.39, 0.29) is 5.75 Å². The Bertz CT molecular complexity index is 760. The molecule has 1 aromatic heterocycles. The van der Waals surface area contributed by atoms with Gasteiger partial charge in [-0.2, -0.15) is 5.10 Å². The minimum absolute atomic E-state index is 0.234. The molecule has 7 heteroatoms. The molecular formula is C16H20N6O. The van der Waals surface area contributed by atoms with Crippen molar-refractivity contribution in [1.29, 1.82) is 0 Å². The van der Waals surface area contributed by atoms with Crippen LogP contribution in [0.15, 0.2) is 24.3 Å². The predicted octanol–water partition coefficient (Wildman–Crippen LogP) is 1.52. The molecular weight excluding hydrogens is 292 g/mol. The zero-order chi connectivity index (χ0) is 15.8. The molecule has 2 aliphatic heterocycles. The fraction of sp³-hybridized carbons (Fsp3) is 0.312. The molecule has 1 saturated heterocycles. The van der Waals surface area contributed by atoms with Crippen molar-refractivity contribution in [3.63, 3.8) is 0 Å². The highest BCUT2D eigenvalue weighted by Gasteiger charge is 2.25. The largest absolute Gasteiger partial charge is 0.507 e. The second kappa shape index (κ2) is 5.51. The lowest BCUT2D eigenvalue weighted by Gasteiger charge is -2.26. The van der Waals surface area contributed by atoms with Crippen molar-refractivity contribution >= 4 is 23.3 Å². The molecule has 4 rings (SSSR count). The first-order valence-corrected chi connectivity index (χ1v) is 7.85. The van der Waals surface area contributed by atoms with Crippen LogP contribution in [0.3, 0.4) is 0 Å². The van der Waals surface area contributed by atoms with Gasteiger partial charge in [0.15, 0.2) is 5.82 Å². The van der Waals surface area contributed by atoms with Crippen LogP contribution in [-0.4, -0.2) is 28.0 Å². The zero-order valence-electron chi connectivity index (χ0n) is 12.7. The van der Waals surface area contributed by atoms with Gasteiger partial charge in [0.1, 0.15) is 11.4 Å². The normalized spacial score (nSPS) is 17.8. The SMILES string of the molecule is Nc1nn(C2CCNCC2)c2c1NNC(c1ccccc1O)=C2. The summed E-state index contributed by atoms with van der Waals surface area (Å²) in [5, 5.41) is 18.0. The molecule has 7 nitrogen and oxygen atoms in total. The van der Waals surface area contributed by atoms with Crippen molar-refractivity contribution in [1.82, 2.24) is 20.5 Å². The monoisotopic (exact) mass is 312 g/mol. The highest BCUT2D eigenvalue weighted by molar-refractivity contribution is 5.91. The van der Waals surface area contributed by atoms with E-state index in [0.29, 0.717) is 11.9 Å². The van der Waals surface area contributed by atoms with Crippen molar-refractivity contribution in [3.05, 3.63) is 35.5 Å². The number of phenolic OH excluding ortho intramolecular Hbond substituents is 1. The van der Waals surface area contributed by atoms with Crippen LogP contribution in [0.2, 0.25) is 0 Å². The van der Waals surface area contributed by atoms with Crippen LogP contribution < -0.4 is 21.9 Å². The summed E-state index contributed by atoms with van der Waals surface area (Å²) in [6.45, 7) is 1.97. The number of hydrogen-bond acceptors (Lipinski definition) is 6. The lowest BCUT2D eigenvalue weighted by Crippen LogP contribution is -2.31. The number of aromatic nitrogens is 2. The van der Waals surface area contributed by atoms with E-state index in [9.17, 15) is 5.11 Å². The van der Waals surface area contributed by atoms with E-state index >= 15 is 0 Å². The number of piperidine rings is 1. The molecule has 0 saturated carbocycles. The average Bonchev–Trinajstić information content (AvgIpc) is 2.92. The molecule has 120 valence electrons. The third kappa shape index (κ3) is 2.39. The van der Waals surface area contributed by atoms with Gasteiger partial charge >= 0.3 is 0 Å². The van der Waals surface area contributed by atoms with E-state index in [2.05, 4.69) is 21.3 Å². The Morgan fingerprint density at radius 2 is 1.96 bits per heavy atom. The number of hydrazine groups is 1. The number of nitrogens with one attached hydrogen (secondary N) is 3. The molecule has 1 aromatic carbocycles. The lowest BCUT2D eigenvalue weighted by molar-refractivity contribution is 0.342. The lowest BCUT2D eigenvalue weighted by atomic mass is 10.1. The summed E-state index contributed by atoms with van der Waals surface area (Å²) in [4.78, 5) is 0. The van der Waals surface area contributed by atoms with E-state index in [1.807, 2.05) is 22.9 Å². The first kappa shape index (κ1) is 14.0. The van der Waals surface area contributed by atoms with Gasteiger partial charge in [0, 0.05) is 5.56 Å². The van der Waals surface area contributed by atoms with E-state index in [1.165, 1.54) is 0 Å². The maximum absolute atomic E-state index is 10.1. The van der Waals surface area contributed by atoms with Gasteiger partial charge in [0.2, 0.25) is 0 Å². The maximum Gasteiger partial charge on any atom is 0.171 e. The Morgan fingerprint density at radius 1 is 1.17 bits per heavy atom. The number of fused-ring (bicyclic) bond motifs is 1. The topological polar surface area (TPSA) is 100 Å².